The Morgan fingerprint density at radius 1 is 1.03 bits per heavy atom. The van der Waals surface area contributed by atoms with Gasteiger partial charge in [-0.3, -0.25) is 0 Å². The van der Waals surface area contributed by atoms with Gasteiger partial charge in [-0.05, 0) is 84.6 Å². The van der Waals surface area contributed by atoms with Gasteiger partial charge in [0.05, 0.1) is 11.4 Å². The predicted octanol–water partition coefficient (Wildman–Crippen LogP) is 4.79. The van der Waals surface area contributed by atoms with Crippen molar-refractivity contribution >= 4 is 17.5 Å². The van der Waals surface area contributed by atoms with Crippen LogP contribution in [0.25, 0.3) is 0 Å². The van der Waals surface area contributed by atoms with Crippen LogP contribution in [0.15, 0.2) is 24.3 Å². The smallest absolute Gasteiger partial charge is 0.410 e. The van der Waals surface area contributed by atoms with Gasteiger partial charge in [0, 0.05) is 25.7 Å². The first-order valence-electron chi connectivity index (χ1n) is 11.7. The second-order valence-electron chi connectivity index (χ2n) is 9.61. The Labute approximate surface area is 182 Å². The Hall–Kier alpha value is -1.95. The molecular formula is C24H40N4O2. The fraction of sp³-hybridized carbons (Fsp3) is 0.708. The van der Waals surface area contributed by atoms with Gasteiger partial charge < -0.3 is 25.2 Å². The molecule has 0 unspecified atom stereocenters. The summed E-state index contributed by atoms with van der Waals surface area (Å²) in [6, 6.07) is 8.84. The molecule has 2 fully saturated rings. The number of amides is 1. The average molecular weight is 417 g/mol. The Kier molecular flexibility index (Phi) is 8.25. The minimum Gasteiger partial charge on any atom is -0.444 e. The van der Waals surface area contributed by atoms with Gasteiger partial charge in [-0.15, -0.1) is 0 Å². The van der Waals surface area contributed by atoms with Gasteiger partial charge in [0.1, 0.15) is 5.60 Å². The lowest BCUT2D eigenvalue weighted by molar-refractivity contribution is 0.0210. The summed E-state index contributed by atoms with van der Waals surface area (Å²) in [6.07, 6.45) is 6.94. The number of nitrogens with zero attached hydrogens (tertiary/aromatic N) is 2. The van der Waals surface area contributed by atoms with E-state index in [1.54, 1.807) is 0 Å². The van der Waals surface area contributed by atoms with E-state index >= 15 is 0 Å². The lowest BCUT2D eigenvalue weighted by Gasteiger charge is -2.34. The summed E-state index contributed by atoms with van der Waals surface area (Å²) < 4.78 is 5.50. The van der Waals surface area contributed by atoms with Crippen LogP contribution in [0, 0.1) is 0 Å². The molecule has 2 heterocycles. The molecule has 1 amide bonds. The second-order valence-corrected chi connectivity index (χ2v) is 9.61. The topological polar surface area (TPSA) is 56.8 Å². The largest absolute Gasteiger partial charge is 0.444 e. The lowest BCUT2D eigenvalue weighted by Crippen LogP contribution is -2.44. The number of hydrogen-bond acceptors (Lipinski definition) is 5. The fourth-order valence-corrected chi connectivity index (χ4v) is 4.22. The zero-order valence-corrected chi connectivity index (χ0v) is 19.1. The maximum Gasteiger partial charge on any atom is 0.410 e. The first-order chi connectivity index (χ1) is 14.4. The fourth-order valence-electron chi connectivity index (χ4n) is 4.22. The van der Waals surface area contributed by atoms with Crippen LogP contribution in [-0.4, -0.2) is 66.8 Å². The summed E-state index contributed by atoms with van der Waals surface area (Å²) >= 11 is 0. The van der Waals surface area contributed by atoms with E-state index in [-0.39, 0.29) is 6.09 Å². The average Bonchev–Trinajstić information content (AvgIpc) is 2.72. The van der Waals surface area contributed by atoms with Gasteiger partial charge in [0.25, 0.3) is 0 Å². The molecule has 0 atom stereocenters. The van der Waals surface area contributed by atoms with Crippen LogP contribution in [0.3, 0.4) is 0 Å². The number of piperidine rings is 2. The van der Waals surface area contributed by atoms with Crippen LogP contribution in [0.5, 0.6) is 0 Å². The number of likely N-dealkylation sites (tertiary alicyclic amines) is 2. The molecule has 0 spiro atoms. The second kappa shape index (κ2) is 10.9. The Morgan fingerprint density at radius 2 is 1.70 bits per heavy atom. The van der Waals surface area contributed by atoms with Gasteiger partial charge in [-0.2, -0.15) is 0 Å². The van der Waals surface area contributed by atoms with Crippen molar-refractivity contribution in [1.82, 2.24) is 9.80 Å². The third-order valence-corrected chi connectivity index (χ3v) is 5.85. The summed E-state index contributed by atoms with van der Waals surface area (Å²) in [5.74, 6) is 0. The van der Waals surface area contributed by atoms with Crippen LogP contribution in [0.1, 0.15) is 59.3 Å². The molecule has 2 saturated heterocycles. The number of nitrogens with one attached hydrogen (secondary N) is 2. The predicted molar refractivity (Wildman–Crippen MR) is 124 cm³/mol. The van der Waals surface area contributed by atoms with E-state index in [4.69, 9.17) is 4.74 Å². The van der Waals surface area contributed by atoms with Crippen molar-refractivity contribution in [3.63, 3.8) is 0 Å². The summed E-state index contributed by atoms with van der Waals surface area (Å²) in [4.78, 5) is 16.7. The van der Waals surface area contributed by atoms with E-state index in [1.807, 2.05) is 25.7 Å². The molecule has 6 nitrogen and oxygen atoms in total. The molecule has 0 saturated carbocycles. The molecule has 2 aliphatic rings. The van der Waals surface area contributed by atoms with Gasteiger partial charge in [0.2, 0.25) is 0 Å². The van der Waals surface area contributed by atoms with Crippen LogP contribution >= 0.6 is 0 Å². The SMILES string of the molecule is CC(C)(C)OC(=O)N1CCC(Nc2ccccc2NCCCN2CCCCC2)CC1. The van der Waals surface area contributed by atoms with Crippen LogP contribution in [-0.2, 0) is 4.74 Å². The van der Waals surface area contributed by atoms with Crippen molar-refractivity contribution in [2.45, 2.75) is 70.9 Å². The summed E-state index contributed by atoms with van der Waals surface area (Å²) in [6.45, 7) is 11.9. The summed E-state index contributed by atoms with van der Waals surface area (Å²) in [5.41, 5.74) is 1.89. The van der Waals surface area contributed by atoms with Gasteiger partial charge in [-0.1, -0.05) is 18.6 Å². The monoisotopic (exact) mass is 416 g/mol. The molecule has 0 radical (unpaired) electrons. The molecule has 3 rings (SSSR count). The van der Waals surface area contributed by atoms with Crippen molar-refractivity contribution in [2.24, 2.45) is 0 Å². The highest BCUT2D eigenvalue weighted by Crippen LogP contribution is 2.25. The zero-order chi connectivity index (χ0) is 21.4. The molecule has 1 aromatic carbocycles. The van der Waals surface area contributed by atoms with E-state index in [0.29, 0.717) is 6.04 Å². The van der Waals surface area contributed by atoms with Crippen molar-refractivity contribution in [1.29, 1.82) is 0 Å². The van der Waals surface area contributed by atoms with E-state index < -0.39 is 5.60 Å². The van der Waals surface area contributed by atoms with Gasteiger partial charge >= 0.3 is 6.09 Å². The number of rotatable bonds is 7. The highest BCUT2D eigenvalue weighted by molar-refractivity contribution is 5.70. The highest BCUT2D eigenvalue weighted by atomic mass is 16.6. The minimum atomic E-state index is -0.440. The molecule has 168 valence electrons. The number of hydrogen-bond donors (Lipinski definition) is 2. The standard InChI is InChI=1S/C24H40N4O2/c1-24(2,3)30-23(29)28-18-12-20(13-19-28)26-22-11-6-5-10-21(22)25-14-9-17-27-15-7-4-8-16-27/h5-6,10-11,20,25-26H,4,7-9,12-19H2,1-3H3. The highest BCUT2D eigenvalue weighted by Gasteiger charge is 2.27. The Bertz CT molecular complexity index is 659. The molecular weight excluding hydrogens is 376 g/mol. The number of carbonyl (C=O) groups is 1. The lowest BCUT2D eigenvalue weighted by atomic mass is 10.0. The molecule has 30 heavy (non-hydrogen) atoms. The van der Waals surface area contributed by atoms with Crippen LogP contribution in [0.2, 0.25) is 0 Å². The molecule has 2 aliphatic heterocycles. The van der Waals surface area contributed by atoms with E-state index in [2.05, 4.69) is 39.8 Å². The quantitative estimate of drug-likeness (QED) is 0.626. The third-order valence-electron chi connectivity index (χ3n) is 5.85. The molecule has 0 aromatic heterocycles. The summed E-state index contributed by atoms with van der Waals surface area (Å²) in [5, 5.41) is 7.32. The number of carbonyl (C=O) groups excluding carboxylic acids is 1. The van der Waals surface area contributed by atoms with Gasteiger partial charge in [-0.25, -0.2) is 4.79 Å². The van der Waals surface area contributed by atoms with E-state index in [1.165, 1.54) is 51.0 Å². The maximum atomic E-state index is 12.3. The van der Waals surface area contributed by atoms with Gasteiger partial charge in [0.15, 0.2) is 0 Å². The minimum absolute atomic E-state index is 0.197. The first kappa shape index (κ1) is 22.7. The van der Waals surface area contributed by atoms with Crippen molar-refractivity contribution in [3.8, 4) is 0 Å². The normalized spacial score (nSPS) is 18.8. The molecule has 0 aliphatic carbocycles. The number of ether oxygens (including phenoxy) is 1. The summed E-state index contributed by atoms with van der Waals surface area (Å²) in [7, 11) is 0. The zero-order valence-electron chi connectivity index (χ0n) is 19.1. The Balaban J connectivity index is 1.42. The van der Waals surface area contributed by atoms with Crippen molar-refractivity contribution in [2.75, 3.05) is 49.9 Å². The molecule has 6 heteroatoms. The van der Waals surface area contributed by atoms with E-state index in [0.717, 1.165) is 38.2 Å². The first-order valence-corrected chi connectivity index (χ1v) is 11.7. The van der Waals surface area contributed by atoms with Crippen LogP contribution in [0.4, 0.5) is 16.2 Å². The molecule has 1 aromatic rings. The van der Waals surface area contributed by atoms with Crippen molar-refractivity contribution < 1.29 is 9.53 Å². The number of benzene rings is 1. The number of para-hydroxylation sites is 2. The molecule has 2 N–H and O–H groups in total. The number of anilines is 2. The van der Waals surface area contributed by atoms with Crippen molar-refractivity contribution in [3.05, 3.63) is 24.3 Å². The maximum absolute atomic E-state index is 12.3. The van der Waals surface area contributed by atoms with Crippen LogP contribution < -0.4 is 10.6 Å². The molecule has 0 bridgehead atoms. The Morgan fingerprint density at radius 3 is 2.37 bits per heavy atom. The van der Waals surface area contributed by atoms with E-state index in [9.17, 15) is 4.79 Å². The third kappa shape index (κ3) is 7.38.